The average molecular weight is 283 g/mol. The lowest BCUT2D eigenvalue weighted by Crippen LogP contribution is -2.15. The van der Waals surface area contributed by atoms with Gasteiger partial charge in [0, 0.05) is 18.7 Å². The first-order chi connectivity index (χ1) is 10.2. The molecular weight excluding hydrogens is 270 g/mol. The summed E-state index contributed by atoms with van der Waals surface area (Å²) in [4.78, 5) is 27.9. The first kappa shape index (κ1) is 13.3. The van der Waals surface area contributed by atoms with Crippen LogP contribution in [0.4, 0.5) is 0 Å². The summed E-state index contributed by atoms with van der Waals surface area (Å²) in [7, 11) is 0. The zero-order valence-corrected chi connectivity index (χ0v) is 11.5. The van der Waals surface area contributed by atoms with Crippen LogP contribution in [-0.2, 0) is 9.63 Å². The van der Waals surface area contributed by atoms with Crippen LogP contribution in [0.25, 0.3) is 10.8 Å². The summed E-state index contributed by atoms with van der Waals surface area (Å²) in [6.45, 7) is 1.55. The monoisotopic (exact) mass is 283 g/mol. The summed E-state index contributed by atoms with van der Waals surface area (Å²) in [5, 5.41) is 5.53. The maximum Gasteiger partial charge on any atom is 0.331 e. The Labute approximate surface area is 121 Å². The van der Waals surface area contributed by atoms with Gasteiger partial charge in [0.1, 0.15) is 11.5 Å². The molecule has 1 heterocycles. The van der Waals surface area contributed by atoms with Crippen molar-refractivity contribution in [1.82, 2.24) is 0 Å². The minimum absolute atomic E-state index is 0.194. The highest BCUT2D eigenvalue weighted by atomic mass is 16.7. The lowest BCUT2D eigenvalue weighted by Gasteiger charge is -2.09. The molecule has 106 valence electrons. The first-order valence-electron chi connectivity index (χ1n) is 6.60. The molecule has 0 spiro atoms. The molecular formula is C16H13NO4. The van der Waals surface area contributed by atoms with E-state index in [1.165, 1.54) is 6.92 Å². The highest BCUT2D eigenvalue weighted by Crippen LogP contribution is 2.32. The topological polar surface area (TPSA) is 65.0 Å². The number of ether oxygens (including phenoxy) is 1. The van der Waals surface area contributed by atoms with E-state index in [9.17, 15) is 9.59 Å². The van der Waals surface area contributed by atoms with Gasteiger partial charge in [0.05, 0.1) is 12.2 Å². The quantitative estimate of drug-likeness (QED) is 0.596. The molecule has 0 fully saturated rings. The van der Waals surface area contributed by atoms with Crippen LogP contribution in [0.3, 0.4) is 0 Å². The summed E-state index contributed by atoms with van der Waals surface area (Å²) >= 11 is 0. The van der Waals surface area contributed by atoms with Gasteiger partial charge in [0.15, 0.2) is 0 Å². The van der Waals surface area contributed by atoms with Crippen molar-refractivity contribution < 1.29 is 19.2 Å². The van der Waals surface area contributed by atoms with E-state index in [0.29, 0.717) is 24.3 Å². The number of carbonyl (C=O) groups is 2. The minimum atomic E-state index is -0.556. The fraction of sp³-hybridized carbons (Fsp3) is 0.188. The van der Waals surface area contributed by atoms with E-state index in [0.717, 1.165) is 10.8 Å². The second kappa shape index (κ2) is 5.36. The molecule has 0 atom stereocenters. The van der Waals surface area contributed by atoms with Crippen molar-refractivity contribution in [2.24, 2.45) is 5.16 Å². The third-order valence-corrected chi connectivity index (χ3v) is 3.26. The number of ketones is 1. The van der Waals surface area contributed by atoms with Crippen molar-refractivity contribution in [2.45, 2.75) is 13.3 Å². The van der Waals surface area contributed by atoms with Crippen LogP contribution in [0.1, 0.15) is 23.7 Å². The molecule has 3 rings (SSSR count). The van der Waals surface area contributed by atoms with Crippen LogP contribution in [0.2, 0.25) is 0 Å². The molecule has 5 nitrogen and oxygen atoms in total. The van der Waals surface area contributed by atoms with Crippen LogP contribution in [0.5, 0.6) is 5.75 Å². The molecule has 0 N–H and O–H groups in total. The predicted molar refractivity (Wildman–Crippen MR) is 77.6 cm³/mol. The van der Waals surface area contributed by atoms with Crippen LogP contribution < -0.4 is 4.74 Å². The molecule has 0 saturated carbocycles. The van der Waals surface area contributed by atoms with Gasteiger partial charge in [-0.25, -0.2) is 4.79 Å². The Morgan fingerprint density at radius 3 is 2.86 bits per heavy atom. The van der Waals surface area contributed by atoms with Gasteiger partial charge in [-0.05, 0) is 11.5 Å². The summed E-state index contributed by atoms with van der Waals surface area (Å²) in [5.41, 5.74) is 0.635. The summed E-state index contributed by atoms with van der Waals surface area (Å²) in [6, 6.07) is 11.3. The fourth-order valence-electron chi connectivity index (χ4n) is 2.30. The van der Waals surface area contributed by atoms with Crippen LogP contribution in [0, 0.1) is 0 Å². The van der Waals surface area contributed by atoms with E-state index >= 15 is 0 Å². The molecule has 1 aliphatic rings. The Kier molecular flexibility index (Phi) is 3.39. The van der Waals surface area contributed by atoms with Gasteiger partial charge in [-0.1, -0.05) is 35.5 Å². The van der Waals surface area contributed by atoms with Crippen molar-refractivity contribution in [3.8, 4) is 5.75 Å². The van der Waals surface area contributed by atoms with E-state index < -0.39 is 5.97 Å². The molecule has 0 bridgehead atoms. The van der Waals surface area contributed by atoms with Gasteiger partial charge >= 0.3 is 5.97 Å². The number of fused-ring (bicyclic) bond motifs is 3. The highest BCUT2D eigenvalue weighted by Gasteiger charge is 2.24. The first-order valence-corrected chi connectivity index (χ1v) is 6.60. The van der Waals surface area contributed by atoms with E-state index in [1.54, 1.807) is 6.07 Å². The molecule has 0 aromatic heterocycles. The second-order valence-corrected chi connectivity index (χ2v) is 4.71. The largest absolute Gasteiger partial charge is 0.492 e. The number of hydrogen-bond donors (Lipinski definition) is 0. The standard InChI is InChI=1S/C16H13NO4/c1-10(18)21-17-14-8-9-20-16-12-5-3-2-4-11(12)6-7-13(16)15(14)19/h2-7H,8-9H2,1H3/b17-14+. The van der Waals surface area contributed by atoms with Crippen molar-refractivity contribution in [2.75, 3.05) is 6.61 Å². The molecule has 0 radical (unpaired) electrons. The average Bonchev–Trinajstić information content (AvgIpc) is 2.65. The normalized spacial score (nSPS) is 16.2. The van der Waals surface area contributed by atoms with E-state index in [-0.39, 0.29) is 11.5 Å². The number of hydrogen-bond acceptors (Lipinski definition) is 5. The Balaban J connectivity index is 2.10. The molecule has 2 aromatic carbocycles. The predicted octanol–water partition coefficient (Wildman–Crippen LogP) is 2.72. The highest BCUT2D eigenvalue weighted by molar-refractivity contribution is 6.47. The van der Waals surface area contributed by atoms with Crippen LogP contribution in [-0.4, -0.2) is 24.1 Å². The fourth-order valence-corrected chi connectivity index (χ4v) is 2.30. The Hall–Kier alpha value is -2.69. The molecule has 5 heteroatoms. The zero-order chi connectivity index (χ0) is 14.8. The van der Waals surface area contributed by atoms with Gasteiger partial charge in [0.2, 0.25) is 5.78 Å². The Morgan fingerprint density at radius 1 is 1.24 bits per heavy atom. The molecule has 0 unspecified atom stereocenters. The number of nitrogens with zero attached hydrogens (tertiary/aromatic N) is 1. The minimum Gasteiger partial charge on any atom is -0.492 e. The molecule has 0 saturated heterocycles. The van der Waals surface area contributed by atoms with Crippen molar-refractivity contribution in [1.29, 1.82) is 0 Å². The molecule has 2 aromatic rings. The van der Waals surface area contributed by atoms with Gasteiger partial charge in [-0.2, -0.15) is 0 Å². The Morgan fingerprint density at radius 2 is 2.05 bits per heavy atom. The summed E-state index contributed by atoms with van der Waals surface area (Å²) in [5.74, 6) is -0.264. The van der Waals surface area contributed by atoms with Gasteiger partial charge in [-0.15, -0.1) is 0 Å². The van der Waals surface area contributed by atoms with E-state index in [1.807, 2.05) is 30.3 Å². The molecule has 1 aliphatic heterocycles. The zero-order valence-electron chi connectivity index (χ0n) is 11.5. The third-order valence-electron chi connectivity index (χ3n) is 3.26. The number of carbonyl (C=O) groups excluding carboxylic acids is 2. The number of Topliss-reactive ketones (excluding diaryl/α,β-unsaturated/α-hetero) is 1. The summed E-state index contributed by atoms with van der Waals surface area (Å²) < 4.78 is 5.73. The van der Waals surface area contributed by atoms with Crippen molar-refractivity contribution in [3.05, 3.63) is 42.0 Å². The molecule has 0 aliphatic carbocycles. The van der Waals surface area contributed by atoms with Gasteiger partial charge in [-0.3, -0.25) is 4.79 Å². The van der Waals surface area contributed by atoms with Gasteiger partial charge < -0.3 is 9.57 Å². The molecule has 21 heavy (non-hydrogen) atoms. The number of benzene rings is 2. The van der Waals surface area contributed by atoms with Crippen molar-refractivity contribution >= 4 is 28.2 Å². The molecule has 0 amide bonds. The second-order valence-electron chi connectivity index (χ2n) is 4.71. The number of rotatable bonds is 1. The maximum atomic E-state index is 12.5. The Bertz CT molecular complexity index is 764. The number of oxime groups is 1. The van der Waals surface area contributed by atoms with Crippen molar-refractivity contribution in [3.63, 3.8) is 0 Å². The van der Waals surface area contributed by atoms with Crippen LogP contribution in [0.15, 0.2) is 41.6 Å². The SMILES string of the molecule is CC(=O)O/N=C1\CCOc2c(ccc3ccccc23)C1=O. The lowest BCUT2D eigenvalue weighted by atomic mass is 10.0. The third kappa shape index (κ3) is 2.50. The van der Waals surface area contributed by atoms with E-state index in [2.05, 4.69) is 9.99 Å². The van der Waals surface area contributed by atoms with Crippen LogP contribution >= 0.6 is 0 Å². The maximum absolute atomic E-state index is 12.5. The summed E-state index contributed by atoms with van der Waals surface area (Å²) in [6.07, 6.45) is 0.301. The van der Waals surface area contributed by atoms with E-state index in [4.69, 9.17) is 4.74 Å². The van der Waals surface area contributed by atoms with Gasteiger partial charge in [0.25, 0.3) is 0 Å². The smallest absolute Gasteiger partial charge is 0.331 e. The lowest BCUT2D eigenvalue weighted by molar-refractivity contribution is -0.140.